The summed E-state index contributed by atoms with van der Waals surface area (Å²) in [6, 6.07) is 1.94. The van der Waals surface area contributed by atoms with Crippen LogP contribution in [0.25, 0.3) is 0 Å². The number of anilines is 1. The maximum Gasteiger partial charge on any atom is 0.226 e. The van der Waals surface area contributed by atoms with E-state index in [9.17, 15) is 0 Å². The minimum atomic E-state index is 0.657. The van der Waals surface area contributed by atoms with Crippen molar-refractivity contribution in [3.05, 3.63) is 16.0 Å². The second-order valence-corrected chi connectivity index (χ2v) is 5.46. The van der Waals surface area contributed by atoms with Crippen LogP contribution in [-0.4, -0.2) is 23.1 Å². The molecule has 0 bridgehead atoms. The first-order chi connectivity index (χ1) is 6.77. The van der Waals surface area contributed by atoms with Crippen LogP contribution in [0.15, 0.2) is 12.3 Å². The molecule has 0 atom stereocenters. The van der Waals surface area contributed by atoms with Crippen molar-refractivity contribution < 1.29 is 0 Å². The van der Waals surface area contributed by atoms with Gasteiger partial charge >= 0.3 is 0 Å². The lowest BCUT2D eigenvalue weighted by atomic mass is 10.1. The molecular formula is C10H12IN3. The average molecular weight is 301 g/mol. The predicted octanol–water partition coefficient (Wildman–Crippen LogP) is 2.07. The van der Waals surface area contributed by atoms with Crippen LogP contribution in [0.4, 0.5) is 5.95 Å². The van der Waals surface area contributed by atoms with Gasteiger partial charge in [-0.05, 0) is 53.3 Å². The predicted molar refractivity (Wildman–Crippen MR) is 63.2 cm³/mol. The molecule has 1 saturated carbocycles. The van der Waals surface area contributed by atoms with E-state index in [1.165, 1.54) is 25.8 Å². The molecule has 2 aliphatic rings. The molecule has 0 aromatic carbocycles. The van der Waals surface area contributed by atoms with E-state index >= 15 is 0 Å². The largest absolute Gasteiger partial charge is 0.340 e. The third-order valence-corrected chi connectivity index (χ3v) is 3.89. The summed E-state index contributed by atoms with van der Waals surface area (Å²) < 4.78 is 1.03. The van der Waals surface area contributed by atoms with Gasteiger partial charge in [0.15, 0.2) is 0 Å². The van der Waals surface area contributed by atoms with Crippen LogP contribution in [0.5, 0.6) is 0 Å². The van der Waals surface area contributed by atoms with E-state index in [0.29, 0.717) is 5.41 Å². The van der Waals surface area contributed by atoms with E-state index < -0.39 is 0 Å². The second kappa shape index (κ2) is 3.05. The van der Waals surface area contributed by atoms with E-state index in [2.05, 4.69) is 37.5 Å². The number of halogens is 1. The molecule has 0 N–H and O–H groups in total. The van der Waals surface area contributed by atoms with Crippen molar-refractivity contribution in [2.75, 3.05) is 18.0 Å². The lowest BCUT2D eigenvalue weighted by Crippen LogP contribution is -2.22. The molecule has 2 fully saturated rings. The molecule has 2 heterocycles. The van der Waals surface area contributed by atoms with Gasteiger partial charge < -0.3 is 4.90 Å². The summed E-state index contributed by atoms with van der Waals surface area (Å²) in [5.41, 5.74) is 0.657. The molecule has 4 heteroatoms. The topological polar surface area (TPSA) is 29.0 Å². The standard InChI is InChI=1S/C10H12IN3/c11-8-1-5-12-9(13-8)14-6-4-10(7-14)2-3-10/h1,5H,2-4,6-7H2. The average Bonchev–Trinajstić information content (AvgIpc) is 2.76. The van der Waals surface area contributed by atoms with Gasteiger partial charge in [-0.15, -0.1) is 0 Å². The Hall–Kier alpha value is -0.390. The maximum atomic E-state index is 4.45. The van der Waals surface area contributed by atoms with Gasteiger partial charge in [-0.1, -0.05) is 0 Å². The van der Waals surface area contributed by atoms with Gasteiger partial charge in [0, 0.05) is 19.3 Å². The fourth-order valence-electron chi connectivity index (χ4n) is 2.17. The van der Waals surface area contributed by atoms with Crippen molar-refractivity contribution in [1.82, 2.24) is 9.97 Å². The number of hydrogen-bond donors (Lipinski definition) is 0. The molecule has 0 amide bonds. The zero-order chi connectivity index (χ0) is 9.60. The van der Waals surface area contributed by atoms with Gasteiger partial charge in [0.05, 0.1) is 0 Å². The molecule has 0 unspecified atom stereocenters. The zero-order valence-electron chi connectivity index (χ0n) is 7.91. The summed E-state index contributed by atoms with van der Waals surface area (Å²) in [7, 11) is 0. The van der Waals surface area contributed by atoms with Crippen molar-refractivity contribution in [2.45, 2.75) is 19.3 Å². The first-order valence-electron chi connectivity index (χ1n) is 5.01. The Labute approximate surface area is 97.1 Å². The van der Waals surface area contributed by atoms with Crippen LogP contribution in [0.3, 0.4) is 0 Å². The Kier molecular flexibility index (Phi) is 1.93. The highest BCUT2D eigenvalue weighted by Gasteiger charge is 2.48. The number of aromatic nitrogens is 2. The van der Waals surface area contributed by atoms with E-state index in [0.717, 1.165) is 16.2 Å². The second-order valence-electron chi connectivity index (χ2n) is 4.35. The SMILES string of the molecule is Ic1ccnc(N2CCC3(CC3)C2)n1. The summed E-state index contributed by atoms with van der Waals surface area (Å²) >= 11 is 2.24. The Morgan fingerprint density at radius 2 is 2.21 bits per heavy atom. The van der Waals surface area contributed by atoms with E-state index in [1.54, 1.807) is 0 Å². The van der Waals surface area contributed by atoms with Crippen molar-refractivity contribution in [3.63, 3.8) is 0 Å². The van der Waals surface area contributed by atoms with E-state index in [-0.39, 0.29) is 0 Å². The van der Waals surface area contributed by atoms with Crippen molar-refractivity contribution in [2.24, 2.45) is 5.41 Å². The fourth-order valence-corrected chi connectivity index (χ4v) is 2.55. The van der Waals surface area contributed by atoms with E-state index in [4.69, 9.17) is 0 Å². The van der Waals surface area contributed by atoms with Crippen molar-refractivity contribution in [1.29, 1.82) is 0 Å². The molecule has 3 rings (SSSR count). The van der Waals surface area contributed by atoms with Gasteiger partial charge in [-0.3, -0.25) is 0 Å². The number of nitrogens with zero attached hydrogens (tertiary/aromatic N) is 3. The highest BCUT2D eigenvalue weighted by atomic mass is 127. The molecule has 1 aromatic heterocycles. The summed E-state index contributed by atoms with van der Waals surface area (Å²) in [5, 5.41) is 0. The van der Waals surface area contributed by atoms with Gasteiger partial charge in [-0.2, -0.15) is 0 Å². The van der Waals surface area contributed by atoms with Crippen LogP contribution >= 0.6 is 22.6 Å². The van der Waals surface area contributed by atoms with Gasteiger partial charge in [0.25, 0.3) is 0 Å². The first kappa shape index (κ1) is 8.88. The van der Waals surface area contributed by atoms with Crippen molar-refractivity contribution in [3.8, 4) is 0 Å². The minimum absolute atomic E-state index is 0.657. The highest BCUT2D eigenvalue weighted by molar-refractivity contribution is 14.1. The minimum Gasteiger partial charge on any atom is -0.340 e. The number of hydrogen-bond acceptors (Lipinski definition) is 3. The van der Waals surface area contributed by atoms with E-state index in [1.807, 2.05) is 12.3 Å². The summed E-state index contributed by atoms with van der Waals surface area (Å²) in [5.74, 6) is 0.917. The Bertz CT molecular complexity index is 362. The van der Waals surface area contributed by atoms with Crippen molar-refractivity contribution >= 4 is 28.5 Å². The molecule has 1 saturated heterocycles. The Morgan fingerprint density at radius 3 is 2.86 bits per heavy atom. The third kappa shape index (κ3) is 1.49. The smallest absolute Gasteiger partial charge is 0.226 e. The molecular weight excluding hydrogens is 289 g/mol. The Morgan fingerprint density at radius 1 is 1.36 bits per heavy atom. The summed E-state index contributed by atoms with van der Waals surface area (Å²) in [6.45, 7) is 2.31. The summed E-state index contributed by atoms with van der Waals surface area (Å²) in [6.07, 6.45) is 6.00. The Balaban J connectivity index is 1.82. The quantitative estimate of drug-likeness (QED) is 0.587. The highest BCUT2D eigenvalue weighted by Crippen LogP contribution is 2.52. The lowest BCUT2D eigenvalue weighted by Gasteiger charge is -2.15. The molecule has 1 spiro atoms. The van der Waals surface area contributed by atoms with Gasteiger partial charge in [-0.25, -0.2) is 9.97 Å². The summed E-state index contributed by atoms with van der Waals surface area (Å²) in [4.78, 5) is 11.1. The maximum absolute atomic E-state index is 4.45. The molecule has 14 heavy (non-hydrogen) atoms. The number of rotatable bonds is 1. The molecule has 1 aliphatic heterocycles. The molecule has 1 aliphatic carbocycles. The van der Waals surface area contributed by atoms with Crippen LogP contribution in [0, 0.1) is 9.12 Å². The van der Waals surface area contributed by atoms with Crippen LogP contribution in [0.2, 0.25) is 0 Å². The van der Waals surface area contributed by atoms with Gasteiger partial charge in [0.1, 0.15) is 3.70 Å². The fraction of sp³-hybridized carbons (Fsp3) is 0.600. The van der Waals surface area contributed by atoms with Gasteiger partial charge in [0.2, 0.25) is 5.95 Å². The first-order valence-corrected chi connectivity index (χ1v) is 6.09. The molecule has 3 nitrogen and oxygen atoms in total. The molecule has 0 radical (unpaired) electrons. The zero-order valence-corrected chi connectivity index (χ0v) is 10.1. The molecule has 1 aromatic rings. The van der Waals surface area contributed by atoms with Crippen LogP contribution < -0.4 is 4.90 Å². The van der Waals surface area contributed by atoms with Crippen LogP contribution in [-0.2, 0) is 0 Å². The van der Waals surface area contributed by atoms with Crippen LogP contribution in [0.1, 0.15) is 19.3 Å². The normalized spacial score (nSPS) is 23.1. The monoisotopic (exact) mass is 301 g/mol. The third-order valence-electron chi connectivity index (χ3n) is 3.29. The lowest BCUT2D eigenvalue weighted by molar-refractivity contribution is 0.580. The molecule has 74 valence electrons.